The molecule has 0 saturated carbocycles. The lowest BCUT2D eigenvalue weighted by molar-refractivity contribution is 0.390. The number of aliphatic imine (C=N–C) groups is 1. The summed E-state index contributed by atoms with van der Waals surface area (Å²) in [6.07, 6.45) is 2.12. The van der Waals surface area contributed by atoms with Gasteiger partial charge in [-0.25, -0.2) is 0 Å². The van der Waals surface area contributed by atoms with Crippen molar-refractivity contribution < 1.29 is 0 Å². The SMILES string of the molecule is CC(C)(C)c1cccc2c1N=CC2C(C)(C)C. The molecule has 1 nitrogen and oxygen atoms in total. The fourth-order valence-corrected chi connectivity index (χ4v) is 2.48. The Hall–Kier alpha value is -1.11. The molecule has 92 valence electrons. The van der Waals surface area contributed by atoms with E-state index < -0.39 is 0 Å². The lowest BCUT2D eigenvalue weighted by atomic mass is 9.76. The molecule has 1 heterocycles. The normalized spacial score (nSPS) is 19.5. The summed E-state index contributed by atoms with van der Waals surface area (Å²) in [5, 5.41) is 0. The molecule has 0 radical (unpaired) electrons. The molecule has 0 spiro atoms. The van der Waals surface area contributed by atoms with Gasteiger partial charge in [0.15, 0.2) is 0 Å². The number of fused-ring (bicyclic) bond motifs is 1. The van der Waals surface area contributed by atoms with Gasteiger partial charge in [-0.3, -0.25) is 4.99 Å². The smallest absolute Gasteiger partial charge is 0.0702 e. The third-order valence-electron chi connectivity index (χ3n) is 3.50. The van der Waals surface area contributed by atoms with Crippen molar-refractivity contribution in [3.8, 4) is 0 Å². The predicted octanol–water partition coefficient (Wildman–Crippen LogP) is 4.83. The number of benzene rings is 1. The third-order valence-corrected chi connectivity index (χ3v) is 3.50. The number of hydrogen-bond donors (Lipinski definition) is 0. The number of nitrogens with zero attached hydrogens (tertiary/aromatic N) is 1. The molecule has 0 aliphatic carbocycles. The van der Waals surface area contributed by atoms with Crippen LogP contribution in [-0.2, 0) is 5.41 Å². The van der Waals surface area contributed by atoms with E-state index in [-0.39, 0.29) is 10.8 Å². The van der Waals surface area contributed by atoms with Gasteiger partial charge in [0.05, 0.1) is 5.69 Å². The molecular weight excluding hydrogens is 206 g/mol. The van der Waals surface area contributed by atoms with Gasteiger partial charge < -0.3 is 0 Å². The highest BCUT2D eigenvalue weighted by Crippen LogP contribution is 2.46. The average molecular weight is 229 g/mol. The van der Waals surface area contributed by atoms with E-state index in [4.69, 9.17) is 0 Å². The molecule has 2 rings (SSSR count). The van der Waals surface area contributed by atoms with E-state index >= 15 is 0 Å². The largest absolute Gasteiger partial charge is 0.260 e. The highest BCUT2D eigenvalue weighted by molar-refractivity contribution is 5.83. The monoisotopic (exact) mass is 229 g/mol. The molecule has 1 unspecified atom stereocenters. The van der Waals surface area contributed by atoms with Crippen LogP contribution in [0.4, 0.5) is 5.69 Å². The van der Waals surface area contributed by atoms with Gasteiger partial charge in [-0.1, -0.05) is 59.7 Å². The van der Waals surface area contributed by atoms with Crippen LogP contribution in [0.5, 0.6) is 0 Å². The van der Waals surface area contributed by atoms with E-state index in [9.17, 15) is 0 Å². The quantitative estimate of drug-likeness (QED) is 0.604. The Balaban J connectivity index is 2.55. The predicted molar refractivity (Wildman–Crippen MR) is 75.5 cm³/mol. The molecule has 1 aromatic rings. The summed E-state index contributed by atoms with van der Waals surface area (Å²) in [4.78, 5) is 4.69. The van der Waals surface area contributed by atoms with E-state index in [2.05, 4.69) is 70.9 Å². The minimum Gasteiger partial charge on any atom is -0.260 e. The van der Waals surface area contributed by atoms with Gasteiger partial charge in [-0.15, -0.1) is 0 Å². The van der Waals surface area contributed by atoms with Crippen molar-refractivity contribution in [1.29, 1.82) is 0 Å². The van der Waals surface area contributed by atoms with Crippen molar-refractivity contribution in [3.05, 3.63) is 29.3 Å². The van der Waals surface area contributed by atoms with Crippen molar-refractivity contribution in [1.82, 2.24) is 0 Å². The van der Waals surface area contributed by atoms with Crippen LogP contribution in [0.15, 0.2) is 23.2 Å². The zero-order valence-electron chi connectivity index (χ0n) is 11.8. The molecule has 1 aliphatic rings. The lowest BCUT2D eigenvalue weighted by Gasteiger charge is -2.27. The molecule has 1 aromatic carbocycles. The lowest BCUT2D eigenvalue weighted by Crippen LogP contribution is -2.18. The maximum Gasteiger partial charge on any atom is 0.0702 e. The summed E-state index contributed by atoms with van der Waals surface area (Å²) in [6.45, 7) is 13.6. The Bertz CT molecular complexity index is 455. The molecule has 1 heteroatoms. The average Bonchev–Trinajstić information content (AvgIpc) is 2.57. The molecule has 0 saturated heterocycles. The summed E-state index contributed by atoms with van der Waals surface area (Å²) in [7, 11) is 0. The van der Waals surface area contributed by atoms with Crippen molar-refractivity contribution in [2.24, 2.45) is 10.4 Å². The first-order chi connectivity index (χ1) is 7.71. The molecule has 1 aliphatic heterocycles. The Morgan fingerprint density at radius 1 is 1.00 bits per heavy atom. The van der Waals surface area contributed by atoms with E-state index in [0.717, 1.165) is 0 Å². The first-order valence-electron chi connectivity index (χ1n) is 6.39. The summed E-state index contributed by atoms with van der Waals surface area (Å²) in [6, 6.07) is 6.61. The first-order valence-corrected chi connectivity index (χ1v) is 6.39. The first kappa shape index (κ1) is 12.3. The highest BCUT2D eigenvalue weighted by Gasteiger charge is 2.32. The van der Waals surface area contributed by atoms with Crippen LogP contribution >= 0.6 is 0 Å². The standard InChI is InChI=1S/C16H23N/c1-15(2,3)12-9-7-8-11-13(16(4,5)6)10-17-14(11)12/h7-10,13H,1-6H3. The minimum atomic E-state index is 0.162. The Kier molecular flexibility index (Phi) is 2.68. The summed E-state index contributed by atoms with van der Waals surface area (Å²) in [5.74, 6) is 0.444. The molecule has 17 heavy (non-hydrogen) atoms. The Labute approximate surface area is 105 Å². The van der Waals surface area contributed by atoms with Crippen LogP contribution in [0.25, 0.3) is 0 Å². The van der Waals surface area contributed by atoms with Crippen molar-refractivity contribution in [3.63, 3.8) is 0 Å². The van der Waals surface area contributed by atoms with Gasteiger partial charge in [-0.05, 0) is 22.0 Å². The molecule has 0 amide bonds. The zero-order chi connectivity index (χ0) is 12.8. The molecule has 0 N–H and O–H groups in total. The van der Waals surface area contributed by atoms with Crippen molar-refractivity contribution in [2.45, 2.75) is 52.9 Å². The van der Waals surface area contributed by atoms with Gasteiger partial charge in [-0.2, -0.15) is 0 Å². The van der Waals surface area contributed by atoms with Crippen LogP contribution in [0.3, 0.4) is 0 Å². The summed E-state index contributed by atoms with van der Waals surface area (Å²) >= 11 is 0. The molecule has 0 fully saturated rings. The van der Waals surface area contributed by atoms with Crippen LogP contribution in [-0.4, -0.2) is 6.21 Å². The fourth-order valence-electron chi connectivity index (χ4n) is 2.48. The maximum atomic E-state index is 4.69. The maximum absolute atomic E-state index is 4.69. The molecule has 0 bridgehead atoms. The van der Waals surface area contributed by atoms with Gasteiger partial charge in [0.25, 0.3) is 0 Å². The fraction of sp³-hybridized carbons (Fsp3) is 0.562. The van der Waals surface area contributed by atoms with E-state index in [1.807, 2.05) is 0 Å². The van der Waals surface area contributed by atoms with Gasteiger partial charge >= 0.3 is 0 Å². The third kappa shape index (κ3) is 2.15. The number of hydrogen-bond acceptors (Lipinski definition) is 1. The Morgan fingerprint density at radius 3 is 2.18 bits per heavy atom. The van der Waals surface area contributed by atoms with Crippen LogP contribution < -0.4 is 0 Å². The number of para-hydroxylation sites is 1. The van der Waals surface area contributed by atoms with Gasteiger partial charge in [0.1, 0.15) is 0 Å². The zero-order valence-corrected chi connectivity index (χ0v) is 11.8. The summed E-state index contributed by atoms with van der Waals surface area (Å²) < 4.78 is 0. The highest BCUT2D eigenvalue weighted by atomic mass is 14.8. The topological polar surface area (TPSA) is 12.4 Å². The van der Waals surface area contributed by atoms with Gasteiger partial charge in [0.2, 0.25) is 0 Å². The van der Waals surface area contributed by atoms with Crippen LogP contribution in [0, 0.1) is 5.41 Å². The molecule has 1 atom stereocenters. The minimum absolute atomic E-state index is 0.162. The Morgan fingerprint density at radius 2 is 1.65 bits per heavy atom. The summed E-state index contributed by atoms with van der Waals surface area (Å²) in [5.41, 5.74) is 4.36. The van der Waals surface area contributed by atoms with Crippen molar-refractivity contribution >= 4 is 11.9 Å². The van der Waals surface area contributed by atoms with E-state index in [0.29, 0.717) is 5.92 Å². The van der Waals surface area contributed by atoms with Crippen molar-refractivity contribution in [2.75, 3.05) is 0 Å². The van der Waals surface area contributed by atoms with Gasteiger partial charge in [0, 0.05) is 12.1 Å². The second-order valence-corrected chi connectivity index (χ2v) is 7.12. The second-order valence-electron chi connectivity index (χ2n) is 7.12. The number of rotatable bonds is 0. The van der Waals surface area contributed by atoms with Crippen LogP contribution in [0.2, 0.25) is 0 Å². The molecule has 0 aromatic heterocycles. The van der Waals surface area contributed by atoms with E-state index in [1.165, 1.54) is 16.8 Å². The van der Waals surface area contributed by atoms with Crippen LogP contribution in [0.1, 0.15) is 58.6 Å². The molecular formula is C16H23N. The second kappa shape index (κ2) is 3.69. The van der Waals surface area contributed by atoms with E-state index in [1.54, 1.807) is 0 Å².